The van der Waals surface area contributed by atoms with Crippen molar-refractivity contribution >= 4 is 45.3 Å². The second-order valence-corrected chi connectivity index (χ2v) is 9.04. The van der Waals surface area contributed by atoms with Crippen LogP contribution < -0.4 is 5.32 Å². The third-order valence-corrected chi connectivity index (χ3v) is 6.48. The van der Waals surface area contributed by atoms with E-state index in [1.807, 2.05) is 58.8 Å². The molecule has 34 heavy (non-hydrogen) atoms. The van der Waals surface area contributed by atoms with Crippen LogP contribution in [0.15, 0.2) is 54.0 Å². The van der Waals surface area contributed by atoms with Crippen LogP contribution in [0, 0.1) is 6.92 Å². The number of para-hydroxylation sites is 2. The van der Waals surface area contributed by atoms with Crippen LogP contribution in [-0.4, -0.2) is 43.4 Å². The van der Waals surface area contributed by atoms with Gasteiger partial charge in [0.25, 0.3) is 5.91 Å². The van der Waals surface area contributed by atoms with Crippen molar-refractivity contribution in [1.29, 1.82) is 0 Å². The largest absolute Gasteiger partial charge is 0.382 e. The molecule has 8 nitrogen and oxygen atoms in total. The first-order valence-electron chi connectivity index (χ1n) is 11.3. The molecule has 5 rings (SSSR count). The number of aryl methyl sites for hydroxylation is 2. The number of carbonyl (C=O) groups is 1. The SMILES string of the molecule is CCOCCCn1c(NC(=O)c2cc(C)nc3c2cnn3Cc2cccs2)nc2ccccc21. The molecule has 0 bridgehead atoms. The summed E-state index contributed by atoms with van der Waals surface area (Å²) in [6, 6.07) is 13.8. The molecule has 1 aromatic carbocycles. The van der Waals surface area contributed by atoms with Gasteiger partial charge in [-0.2, -0.15) is 5.10 Å². The molecule has 0 radical (unpaired) electrons. The lowest BCUT2D eigenvalue weighted by Gasteiger charge is -2.11. The Morgan fingerprint density at radius 3 is 2.88 bits per heavy atom. The third-order valence-electron chi connectivity index (χ3n) is 5.62. The average Bonchev–Trinajstić information content (AvgIpc) is 3.56. The topological polar surface area (TPSA) is 86.9 Å². The highest BCUT2D eigenvalue weighted by molar-refractivity contribution is 7.09. The Morgan fingerprint density at radius 2 is 2.06 bits per heavy atom. The molecule has 4 heterocycles. The van der Waals surface area contributed by atoms with E-state index in [-0.39, 0.29) is 5.91 Å². The molecular weight excluding hydrogens is 448 g/mol. The zero-order valence-electron chi connectivity index (χ0n) is 19.2. The van der Waals surface area contributed by atoms with E-state index in [0.29, 0.717) is 43.5 Å². The molecule has 0 spiro atoms. The number of imidazole rings is 1. The van der Waals surface area contributed by atoms with Crippen molar-refractivity contribution in [3.05, 3.63) is 70.2 Å². The molecule has 0 saturated heterocycles. The summed E-state index contributed by atoms with van der Waals surface area (Å²) in [5.74, 6) is 0.295. The summed E-state index contributed by atoms with van der Waals surface area (Å²) in [6.07, 6.45) is 2.54. The van der Waals surface area contributed by atoms with Gasteiger partial charge in [-0.1, -0.05) is 18.2 Å². The fourth-order valence-corrected chi connectivity index (χ4v) is 4.75. The van der Waals surface area contributed by atoms with Crippen LogP contribution in [-0.2, 0) is 17.8 Å². The number of thiophene rings is 1. The number of anilines is 1. The fraction of sp³-hybridized carbons (Fsp3) is 0.280. The van der Waals surface area contributed by atoms with Crippen LogP contribution in [0.5, 0.6) is 0 Å². The molecule has 4 aromatic heterocycles. The van der Waals surface area contributed by atoms with Crippen LogP contribution in [0.3, 0.4) is 0 Å². The normalized spacial score (nSPS) is 11.5. The monoisotopic (exact) mass is 474 g/mol. The van der Waals surface area contributed by atoms with Gasteiger partial charge in [0.15, 0.2) is 5.65 Å². The maximum atomic E-state index is 13.5. The number of fused-ring (bicyclic) bond motifs is 2. The van der Waals surface area contributed by atoms with E-state index in [9.17, 15) is 4.79 Å². The summed E-state index contributed by atoms with van der Waals surface area (Å²) in [4.78, 5) is 24.0. The summed E-state index contributed by atoms with van der Waals surface area (Å²) in [5, 5.41) is 10.3. The standard InChI is InChI=1S/C25H26N6O2S/c1-3-33-12-7-11-30-22-10-5-4-9-21(22)28-25(30)29-24(32)19-14-17(2)27-23-20(19)15-26-31(23)16-18-8-6-13-34-18/h4-6,8-10,13-15H,3,7,11-12,16H2,1-2H3,(H,28,29,32). The Morgan fingerprint density at radius 1 is 1.18 bits per heavy atom. The minimum atomic E-state index is -0.229. The minimum Gasteiger partial charge on any atom is -0.382 e. The molecule has 174 valence electrons. The maximum absolute atomic E-state index is 13.5. The summed E-state index contributed by atoms with van der Waals surface area (Å²) in [7, 11) is 0. The average molecular weight is 475 g/mol. The van der Waals surface area contributed by atoms with Gasteiger partial charge >= 0.3 is 0 Å². The van der Waals surface area contributed by atoms with Gasteiger partial charge in [-0.05, 0) is 49.9 Å². The van der Waals surface area contributed by atoms with Gasteiger partial charge in [0.05, 0.1) is 34.7 Å². The van der Waals surface area contributed by atoms with E-state index < -0.39 is 0 Å². The van der Waals surface area contributed by atoms with Crippen LogP contribution in [0.1, 0.15) is 34.3 Å². The van der Waals surface area contributed by atoms with Crippen LogP contribution in [0.2, 0.25) is 0 Å². The van der Waals surface area contributed by atoms with Gasteiger partial charge in [0, 0.05) is 30.3 Å². The van der Waals surface area contributed by atoms with Gasteiger partial charge in [-0.3, -0.25) is 10.1 Å². The van der Waals surface area contributed by atoms with Gasteiger partial charge in [0.1, 0.15) is 0 Å². The first-order valence-corrected chi connectivity index (χ1v) is 12.2. The Hall–Kier alpha value is -3.56. The summed E-state index contributed by atoms with van der Waals surface area (Å²) < 4.78 is 9.38. The lowest BCUT2D eigenvalue weighted by atomic mass is 10.1. The van der Waals surface area contributed by atoms with E-state index in [2.05, 4.69) is 26.4 Å². The number of rotatable bonds is 9. The number of hydrogen-bond acceptors (Lipinski definition) is 6. The number of nitrogens with one attached hydrogen (secondary N) is 1. The van der Waals surface area contributed by atoms with E-state index in [1.54, 1.807) is 23.6 Å². The summed E-state index contributed by atoms with van der Waals surface area (Å²) in [5.41, 5.74) is 3.82. The highest BCUT2D eigenvalue weighted by Gasteiger charge is 2.19. The lowest BCUT2D eigenvalue weighted by molar-refractivity contribution is 0.102. The molecule has 5 aromatic rings. The molecule has 1 N–H and O–H groups in total. The number of nitrogens with zero attached hydrogens (tertiary/aromatic N) is 5. The smallest absolute Gasteiger partial charge is 0.258 e. The maximum Gasteiger partial charge on any atom is 0.258 e. The fourth-order valence-electron chi connectivity index (χ4n) is 4.06. The van der Waals surface area contributed by atoms with E-state index in [0.717, 1.165) is 28.5 Å². The Balaban J connectivity index is 1.46. The molecule has 0 unspecified atom stereocenters. The van der Waals surface area contributed by atoms with E-state index in [4.69, 9.17) is 4.74 Å². The first kappa shape index (κ1) is 22.2. The van der Waals surface area contributed by atoms with Gasteiger partial charge in [-0.25, -0.2) is 14.6 Å². The highest BCUT2D eigenvalue weighted by Crippen LogP contribution is 2.24. The number of amides is 1. The number of ether oxygens (including phenoxy) is 1. The minimum absolute atomic E-state index is 0.229. The number of benzene rings is 1. The van der Waals surface area contributed by atoms with Crippen molar-refractivity contribution in [3.63, 3.8) is 0 Å². The lowest BCUT2D eigenvalue weighted by Crippen LogP contribution is -2.17. The predicted octanol–water partition coefficient (Wildman–Crippen LogP) is 4.88. The zero-order chi connectivity index (χ0) is 23.5. The zero-order valence-corrected chi connectivity index (χ0v) is 20.0. The predicted molar refractivity (Wildman–Crippen MR) is 134 cm³/mol. The van der Waals surface area contributed by atoms with Crippen molar-refractivity contribution in [2.75, 3.05) is 18.5 Å². The molecule has 9 heteroatoms. The quantitative estimate of drug-likeness (QED) is 0.308. The molecule has 0 aliphatic carbocycles. The highest BCUT2D eigenvalue weighted by atomic mass is 32.1. The molecule has 0 fully saturated rings. The Labute approximate surface area is 201 Å². The van der Waals surface area contributed by atoms with Gasteiger partial charge in [-0.15, -0.1) is 11.3 Å². The summed E-state index contributed by atoms with van der Waals surface area (Å²) >= 11 is 1.67. The number of pyridine rings is 1. The number of carbonyl (C=O) groups excluding carboxylic acids is 1. The Bertz CT molecular complexity index is 1440. The van der Waals surface area contributed by atoms with E-state index >= 15 is 0 Å². The first-order chi connectivity index (χ1) is 16.6. The number of hydrogen-bond donors (Lipinski definition) is 1. The molecule has 0 aliphatic rings. The van der Waals surface area contributed by atoms with Crippen LogP contribution in [0.25, 0.3) is 22.1 Å². The van der Waals surface area contributed by atoms with Crippen LogP contribution >= 0.6 is 11.3 Å². The summed E-state index contributed by atoms with van der Waals surface area (Å²) in [6.45, 7) is 6.53. The van der Waals surface area contributed by atoms with Crippen molar-refractivity contribution in [2.45, 2.75) is 33.4 Å². The van der Waals surface area contributed by atoms with Crippen molar-refractivity contribution in [1.82, 2.24) is 24.3 Å². The Kier molecular flexibility index (Phi) is 6.37. The molecule has 0 aliphatic heterocycles. The second kappa shape index (κ2) is 9.74. The molecular formula is C25H26N6O2S. The van der Waals surface area contributed by atoms with Gasteiger partial charge < -0.3 is 9.30 Å². The molecule has 1 amide bonds. The van der Waals surface area contributed by atoms with Crippen molar-refractivity contribution in [3.8, 4) is 0 Å². The van der Waals surface area contributed by atoms with Crippen molar-refractivity contribution in [2.24, 2.45) is 0 Å². The number of aromatic nitrogens is 5. The molecule has 0 atom stereocenters. The van der Waals surface area contributed by atoms with Crippen molar-refractivity contribution < 1.29 is 9.53 Å². The second-order valence-electron chi connectivity index (χ2n) is 8.01. The third kappa shape index (κ3) is 4.44. The van der Waals surface area contributed by atoms with Crippen LogP contribution in [0.4, 0.5) is 5.95 Å². The van der Waals surface area contributed by atoms with E-state index in [1.165, 1.54) is 4.88 Å². The molecule has 0 saturated carbocycles. The van der Waals surface area contributed by atoms with Gasteiger partial charge in [0.2, 0.25) is 5.95 Å².